The van der Waals surface area contributed by atoms with E-state index in [0.717, 1.165) is 53.2 Å². The van der Waals surface area contributed by atoms with Gasteiger partial charge in [-0.05, 0) is 25.0 Å². The third-order valence-electron chi connectivity index (χ3n) is 4.58. The lowest BCUT2D eigenvalue weighted by atomic mass is 10.1. The number of aromatic amines is 1. The molecule has 0 saturated heterocycles. The number of hydrogen-bond acceptors (Lipinski definition) is 5. The number of nitrogens with zero attached hydrogens (tertiary/aromatic N) is 4. The van der Waals surface area contributed by atoms with Crippen LogP contribution < -0.4 is 5.32 Å². The summed E-state index contributed by atoms with van der Waals surface area (Å²) in [7, 11) is 0. The second-order valence-electron chi connectivity index (χ2n) is 6.22. The number of benzene rings is 1. The number of hydrogen-bond donors (Lipinski definition) is 2. The molecule has 0 radical (unpaired) electrons. The zero-order chi connectivity index (χ0) is 16.8. The predicted molar refractivity (Wildman–Crippen MR) is 101 cm³/mol. The normalized spacial score (nSPS) is 13.6. The minimum Gasteiger partial charge on any atom is -0.368 e. The Bertz CT molecular complexity index is 1080. The molecule has 2 N–H and O–H groups in total. The number of rotatable bonds is 4. The van der Waals surface area contributed by atoms with Crippen molar-refractivity contribution in [2.24, 2.45) is 0 Å². The number of aromatic nitrogens is 5. The van der Waals surface area contributed by atoms with Crippen LogP contribution in [0.2, 0.25) is 0 Å². The number of para-hydroxylation sites is 1. The zero-order valence-electron chi connectivity index (χ0n) is 13.9. The number of fused-ring (bicyclic) bond motifs is 4. The third-order valence-corrected chi connectivity index (χ3v) is 5.54. The first-order valence-electron chi connectivity index (χ1n) is 8.46. The van der Waals surface area contributed by atoms with E-state index in [1.54, 1.807) is 11.8 Å². The Kier molecular flexibility index (Phi) is 3.41. The van der Waals surface area contributed by atoms with E-state index in [4.69, 9.17) is 4.98 Å². The van der Waals surface area contributed by atoms with Gasteiger partial charge in [-0.2, -0.15) is 0 Å². The number of aryl methyl sites for hydroxylation is 2. The van der Waals surface area contributed by atoms with Crippen LogP contribution in [0.5, 0.6) is 0 Å². The summed E-state index contributed by atoms with van der Waals surface area (Å²) in [5, 5.41) is 5.80. The van der Waals surface area contributed by atoms with E-state index < -0.39 is 0 Å². The van der Waals surface area contributed by atoms with Gasteiger partial charge in [0.2, 0.25) is 0 Å². The molecular weight excluding hydrogens is 332 g/mol. The van der Waals surface area contributed by atoms with Crippen molar-refractivity contribution in [1.29, 1.82) is 0 Å². The Morgan fingerprint density at radius 3 is 3.12 bits per heavy atom. The largest absolute Gasteiger partial charge is 0.368 e. The van der Waals surface area contributed by atoms with Crippen LogP contribution in [-0.2, 0) is 13.0 Å². The van der Waals surface area contributed by atoms with Crippen LogP contribution in [0.15, 0.2) is 35.6 Å². The SMILES string of the molecule is Cc1nc(NCCc2c[nH]c3ccccc23)c2nc3n(c2n1)CCS3. The molecule has 0 atom stereocenters. The molecule has 0 unspecified atom stereocenters. The quantitative estimate of drug-likeness (QED) is 0.590. The number of anilines is 1. The van der Waals surface area contributed by atoms with Crippen LogP contribution in [0, 0.1) is 6.92 Å². The van der Waals surface area contributed by atoms with Crippen molar-refractivity contribution in [1.82, 2.24) is 24.5 Å². The second kappa shape index (κ2) is 5.77. The van der Waals surface area contributed by atoms with Crippen LogP contribution in [0.25, 0.3) is 22.1 Å². The molecule has 1 aromatic carbocycles. The van der Waals surface area contributed by atoms with Crippen molar-refractivity contribution < 1.29 is 0 Å². The predicted octanol–water partition coefficient (Wildman–Crippen LogP) is 3.38. The standard InChI is InChI=1S/C18H18N6S/c1-11-21-16(15-17(22-11)24-8-9-25-18(24)23-15)19-7-6-12-10-20-14-5-3-2-4-13(12)14/h2-5,10,20H,6-9H2,1H3,(H,19,21,22). The van der Waals surface area contributed by atoms with E-state index >= 15 is 0 Å². The number of H-pyrrole nitrogens is 1. The second-order valence-corrected chi connectivity index (χ2v) is 7.28. The van der Waals surface area contributed by atoms with Crippen molar-refractivity contribution in [3.63, 3.8) is 0 Å². The van der Waals surface area contributed by atoms with Crippen molar-refractivity contribution >= 4 is 39.6 Å². The van der Waals surface area contributed by atoms with E-state index in [1.165, 1.54) is 16.5 Å². The summed E-state index contributed by atoms with van der Waals surface area (Å²) in [5.41, 5.74) is 4.32. The molecule has 7 heteroatoms. The molecule has 1 aliphatic heterocycles. The lowest BCUT2D eigenvalue weighted by Gasteiger charge is -2.07. The van der Waals surface area contributed by atoms with Gasteiger partial charge < -0.3 is 14.9 Å². The average Bonchev–Trinajstić information content (AvgIpc) is 3.30. The Labute approximate surface area is 149 Å². The van der Waals surface area contributed by atoms with Gasteiger partial charge in [-0.25, -0.2) is 15.0 Å². The summed E-state index contributed by atoms with van der Waals surface area (Å²) in [6.07, 6.45) is 3.02. The summed E-state index contributed by atoms with van der Waals surface area (Å²) in [5.74, 6) is 2.69. The molecular formula is C18H18N6S. The van der Waals surface area contributed by atoms with E-state index in [9.17, 15) is 0 Å². The van der Waals surface area contributed by atoms with Gasteiger partial charge in [0.15, 0.2) is 22.1 Å². The van der Waals surface area contributed by atoms with E-state index in [2.05, 4.69) is 55.3 Å². The minimum atomic E-state index is 0.779. The average molecular weight is 350 g/mol. The van der Waals surface area contributed by atoms with Gasteiger partial charge in [-0.3, -0.25) is 0 Å². The van der Waals surface area contributed by atoms with E-state index in [-0.39, 0.29) is 0 Å². The van der Waals surface area contributed by atoms with Crippen LogP contribution in [0.4, 0.5) is 5.82 Å². The van der Waals surface area contributed by atoms with Gasteiger partial charge in [-0.15, -0.1) is 0 Å². The molecule has 6 nitrogen and oxygen atoms in total. The summed E-state index contributed by atoms with van der Waals surface area (Å²) in [6, 6.07) is 8.39. The van der Waals surface area contributed by atoms with Gasteiger partial charge >= 0.3 is 0 Å². The highest BCUT2D eigenvalue weighted by molar-refractivity contribution is 7.99. The molecule has 3 aromatic heterocycles. The summed E-state index contributed by atoms with van der Waals surface area (Å²) >= 11 is 1.78. The number of imidazole rings is 1. The van der Waals surface area contributed by atoms with Crippen molar-refractivity contribution in [2.75, 3.05) is 17.6 Å². The molecule has 0 aliphatic carbocycles. The van der Waals surface area contributed by atoms with E-state index in [1.807, 2.05) is 6.92 Å². The fourth-order valence-electron chi connectivity index (χ4n) is 3.41. The Morgan fingerprint density at radius 2 is 2.16 bits per heavy atom. The Balaban J connectivity index is 1.41. The van der Waals surface area contributed by atoms with Gasteiger partial charge in [-0.1, -0.05) is 30.0 Å². The van der Waals surface area contributed by atoms with Crippen molar-refractivity contribution in [3.8, 4) is 0 Å². The molecule has 126 valence electrons. The lowest BCUT2D eigenvalue weighted by Crippen LogP contribution is -2.08. The minimum absolute atomic E-state index is 0.779. The smallest absolute Gasteiger partial charge is 0.170 e. The molecule has 0 saturated carbocycles. The fourth-order valence-corrected chi connectivity index (χ4v) is 4.35. The zero-order valence-corrected chi connectivity index (χ0v) is 14.7. The first kappa shape index (κ1) is 14.8. The molecule has 25 heavy (non-hydrogen) atoms. The highest BCUT2D eigenvalue weighted by Crippen LogP contribution is 2.31. The maximum atomic E-state index is 4.73. The van der Waals surface area contributed by atoms with Crippen molar-refractivity contribution in [3.05, 3.63) is 41.9 Å². The van der Waals surface area contributed by atoms with Crippen LogP contribution in [-0.4, -0.2) is 36.8 Å². The molecule has 5 rings (SSSR count). The van der Waals surface area contributed by atoms with Crippen molar-refractivity contribution in [2.45, 2.75) is 25.0 Å². The molecule has 0 bridgehead atoms. The molecule has 4 heterocycles. The topological polar surface area (TPSA) is 71.4 Å². The monoisotopic (exact) mass is 350 g/mol. The highest BCUT2D eigenvalue weighted by Gasteiger charge is 2.21. The Morgan fingerprint density at radius 1 is 1.24 bits per heavy atom. The van der Waals surface area contributed by atoms with Gasteiger partial charge in [0.1, 0.15) is 5.82 Å². The third kappa shape index (κ3) is 2.46. The molecule has 4 aromatic rings. The number of thioether (sulfide) groups is 1. The van der Waals surface area contributed by atoms with Gasteiger partial charge in [0.05, 0.1) is 0 Å². The maximum Gasteiger partial charge on any atom is 0.170 e. The first-order valence-corrected chi connectivity index (χ1v) is 9.45. The summed E-state index contributed by atoms with van der Waals surface area (Å²) in [6.45, 7) is 3.72. The number of nitrogens with one attached hydrogen (secondary N) is 2. The summed E-state index contributed by atoms with van der Waals surface area (Å²) < 4.78 is 2.19. The van der Waals surface area contributed by atoms with Crippen LogP contribution in [0.1, 0.15) is 11.4 Å². The van der Waals surface area contributed by atoms with Crippen LogP contribution in [0.3, 0.4) is 0 Å². The maximum absolute atomic E-state index is 4.73. The molecule has 0 amide bonds. The van der Waals surface area contributed by atoms with Crippen LogP contribution >= 0.6 is 11.8 Å². The highest BCUT2D eigenvalue weighted by atomic mass is 32.2. The van der Waals surface area contributed by atoms with E-state index in [0.29, 0.717) is 0 Å². The Hall–Kier alpha value is -2.54. The van der Waals surface area contributed by atoms with Gasteiger partial charge in [0.25, 0.3) is 0 Å². The first-order chi connectivity index (χ1) is 12.3. The van der Waals surface area contributed by atoms with Gasteiger partial charge in [0, 0.05) is 35.9 Å². The summed E-state index contributed by atoms with van der Waals surface area (Å²) in [4.78, 5) is 17.2. The lowest BCUT2D eigenvalue weighted by molar-refractivity contribution is 0.733. The molecule has 0 fully saturated rings. The molecule has 0 spiro atoms. The molecule has 1 aliphatic rings. The fraction of sp³-hybridized carbons (Fsp3) is 0.278.